The van der Waals surface area contributed by atoms with Crippen LogP contribution in [0.4, 0.5) is 41.1 Å². The van der Waals surface area contributed by atoms with E-state index in [0.29, 0.717) is 55.5 Å². The summed E-state index contributed by atoms with van der Waals surface area (Å²) in [5, 5.41) is 20.8. The number of carbonyl (C=O) groups excluding carboxylic acids is 4. The van der Waals surface area contributed by atoms with E-state index >= 15 is 0 Å². The molecule has 0 unspecified atom stereocenters. The molecule has 0 spiro atoms. The number of carbonyl (C=O) groups is 4. The standard InChI is InChI=1S/C16H20FN3O4.C14H18FN3O3.C9H9ClO2.CH4/c1-11(22)18-4-6-19(7-5-18)15-3-2-12(8-14(15)17)20-9-13(10-21)24-16(20)23;15-12-7-10(18-8-11(9-19)21-14(18)20)1-2-13(12)17-5-3-16-4-6-17;10-9(11)7-12-6-8-4-2-1-3-5-8;/h2-3,8,13,21H,4-7,9-10H2,1H3;1-2,7,11,16,19H,3-6,8-9H2;1-5H,6-7H2;1H4/t13-;11-;;/m11../s1. The third-order valence-corrected chi connectivity index (χ3v) is 9.60. The molecule has 3 aromatic carbocycles. The predicted molar refractivity (Wildman–Crippen MR) is 215 cm³/mol. The average Bonchev–Trinajstić information content (AvgIpc) is 3.80. The first-order valence-electron chi connectivity index (χ1n) is 18.5. The summed E-state index contributed by atoms with van der Waals surface area (Å²) in [4.78, 5) is 53.3. The third kappa shape index (κ3) is 12.5. The number of halogens is 3. The molecular weight excluding hydrogens is 782 g/mol. The molecule has 0 aromatic heterocycles. The maximum absolute atomic E-state index is 14.5. The topological polar surface area (TPSA) is 165 Å². The van der Waals surface area contributed by atoms with Crippen molar-refractivity contribution in [3.63, 3.8) is 0 Å². The SMILES string of the molecule is C.CC(=O)N1CCN(c2ccc(N3C[C@H](CO)OC3=O)cc2F)CC1.O=C(Cl)COCc1ccccc1.O=C1O[C@@H](CO)CN1c1ccc(N2CCNCC2)c(F)c1. The van der Waals surface area contributed by atoms with Crippen molar-refractivity contribution in [2.24, 2.45) is 0 Å². The number of anilines is 4. The zero-order valence-corrected chi connectivity index (χ0v) is 32.3. The molecule has 0 bridgehead atoms. The molecule has 4 saturated heterocycles. The van der Waals surface area contributed by atoms with E-state index in [1.807, 2.05) is 40.1 Å². The van der Waals surface area contributed by atoms with Crippen molar-refractivity contribution in [2.45, 2.75) is 33.2 Å². The molecule has 18 heteroatoms. The molecule has 0 saturated carbocycles. The minimum Gasteiger partial charge on any atom is -0.441 e. The molecule has 0 aliphatic carbocycles. The van der Waals surface area contributed by atoms with Gasteiger partial charge in [0.2, 0.25) is 11.1 Å². The van der Waals surface area contributed by atoms with Crippen molar-refractivity contribution >= 4 is 57.7 Å². The lowest BCUT2D eigenvalue weighted by Gasteiger charge is -2.35. The van der Waals surface area contributed by atoms with Crippen molar-refractivity contribution in [1.29, 1.82) is 0 Å². The van der Waals surface area contributed by atoms with Gasteiger partial charge in [-0.1, -0.05) is 37.8 Å². The molecule has 4 heterocycles. The number of cyclic esters (lactones) is 2. The fourth-order valence-corrected chi connectivity index (χ4v) is 6.56. The van der Waals surface area contributed by atoms with Crippen molar-refractivity contribution in [1.82, 2.24) is 10.2 Å². The highest BCUT2D eigenvalue weighted by Gasteiger charge is 2.34. The van der Waals surface area contributed by atoms with Crippen LogP contribution >= 0.6 is 11.6 Å². The van der Waals surface area contributed by atoms with Gasteiger partial charge in [-0.25, -0.2) is 18.4 Å². The number of amides is 3. The van der Waals surface area contributed by atoms with Gasteiger partial charge in [0.25, 0.3) is 0 Å². The van der Waals surface area contributed by atoms with Gasteiger partial charge in [0, 0.05) is 59.3 Å². The van der Waals surface area contributed by atoms with Crippen LogP contribution in [0, 0.1) is 11.6 Å². The van der Waals surface area contributed by atoms with Crippen LogP contribution in [0.3, 0.4) is 0 Å². The van der Waals surface area contributed by atoms with Gasteiger partial charge in [-0.3, -0.25) is 19.4 Å². The molecule has 4 fully saturated rings. The van der Waals surface area contributed by atoms with Crippen molar-refractivity contribution < 1.29 is 52.4 Å². The molecule has 3 amide bonds. The van der Waals surface area contributed by atoms with Crippen LogP contribution in [0.2, 0.25) is 0 Å². The molecule has 4 aliphatic heterocycles. The molecule has 58 heavy (non-hydrogen) atoms. The van der Waals surface area contributed by atoms with Gasteiger partial charge in [-0.2, -0.15) is 0 Å². The summed E-state index contributed by atoms with van der Waals surface area (Å²) in [5.41, 5.74) is 2.89. The number of piperazine rings is 2. The second-order valence-electron chi connectivity index (χ2n) is 13.4. The Kier molecular flexibility index (Phi) is 17.4. The Labute approximate surface area is 341 Å². The zero-order valence-electron chi connectivity index (χ0n) is 31.5. The summed E-state index contributed by atoms with van der Waals surface area (Å²) in [5.74, 6) is -0.755. The maximum Gasteiger partial charge on any atom is 0.414 e. The van der Waals surface area contributed by atoms with Gasteiger partial charge in [0.1, 0.15) is 30.4 Å². The van der Waals surface area contributed by atoms with E-state index in [0.717, 1.165) is 31.7 Å². The van der Waals surface area contributed by atoms with Crippen LogP contribution in [0.25, 0.3) is 0 Å². The Morgan fingerprint density at radius 1 is 0.776 bits per heavy atom. The lowest BCUT2D eigenvalue weighted by atomic mass is 10.2. The summed E-state index contributed by atoms with van der Waals surface area (Å²) >= 11 is 5.08. The van der Waals surface area contributed by atoms with E-state index < -0.39 is 35.5 Å². The molecule has 15 nitrogen and oxygen atoms in total. The summed E-state index contributed by atoms with van der Waals surface area (Å²) in [6.45, 7) is 7.30. The second-order valence-corrected chi connectivity index (χ2v) is 13.9. The monoisotopic (exact) mass is 832 g/mol. The lowest BCUT2D eigenvalue weighted by Crippen LogP contribution is -2.48. The van der Waals surface area contributed by atoms with Crippen LogP contribution in [-0.2, 0) is 30.4 Å². The summed E-state index contributed by atoms with van der Waals surface area (Å²) in [6.07, 6.45) is -2.27. The van der Waals surface area contributed by atoms with Gasteiger partial charge in [0.15, 0.2) is 0 Å². The van der Waals surface area contributed by atoms with Crippen LogP contribution in [-0.4, -0.2) is 136 Å². The van der Waals surface area contributed by atoms with Gasteiger partial charge in [0.05, 0.1) is 55.7 Å². The quantitative estimate of drug-likeness (QED) is 0.253. The van der Waals surface area contributed by atoms with E-state index in [9.17, 15) is 28.0 Å². The van der Waals surface area contributed by atoms with Crippen LogP contribution in [0.5, 0.6) is 0 Å². The van der Waals surface area contributed by atoms with Crippen molar-refractivity contribution in [3.05, 3.63) is 83.9 Å². The lowest BCUT2D eigenvalue weighted by molar-refractivity contribution is -0.129. The first kappa shape index (κ1) is 45.6. The van der Waals surface area contributed by atoms with E-state index in [-0.39, 0.29) is 52.1 Å². The number of nitrogens with zero attached hydrogens (tertiary/aromatic N) is 5. The van der Waals surface area contributed by atoms with Crippen LogP contribution in [0.1, 0.15) is 19.9 Å². The first-order valence-corrected chi connectivity index (χ1v) is 18.9. The number of rotatable bonds is 10. The summed E-state index contributed by atoms with van der Waals surface area (Å²) < 4.78 is 43.7. The number of ether oxygens (including phenoxy) is 3. The molecule has 3 aromatic rings. The van der Waals surface area contributed by atoms with Gasteiger partial charge in [-0.05, 0) is 53.6 Å². The number of aliphatic hydroxyl groups is 2. The van der Waals surface area contributed by atoms with Crippen molar-refractivity contribution in [2.75, 3.05) is 105 Å². The number of benzene rings is 3. The molecular formula is C40H51ClF2N6O9. The van der Waals surface area contributed by atoms with E-state index in [1.54, 1.807) is 29.2 Å². The average molecular weight is 833 g/mol. The maximum atomic E-state index is 14.5. The molecule has 0 radical (unpaired) electrons. The highest BCUT2D eigenvalue weighted by molar-refractivity contribution is 6.63. The Morgan fingerprint density at radius 3 is 1.67 bits per heavy atom. The molecule has 7 rings (SSSR count). The van der Waals surface area contributed by atoms with Gasteiger partial charge >= 0.3 is 12.2 Å². The van der Waals surface area contributed by atoms with E-state index in [1.165, 1.54) is 28.9 Å². The van der Waals surface area contributed by atoms with E-state index in [4.69, 9.17) is 36.0 Å². The summed E-state index contributed by atoms with van der Waals surface area (Å²) in [7, 11) is 0. The van der Waals surface area contributed by atoms with Gasteiger partial charge in [-0.15, -0.1) is 0 Å². The summed E-state index contributed by atoms with van der Waals surface area (Å²) in [6, 6.07) is 19.0. The largest absolute Gasteiger partial charge is 0.441 e. The highest BCUT2D eigenvalue weighted by atomic mass is 35.5. The highest BCUT2D eigenvalue weighted by Crippen LogP contribution is 2.30. The van der Waals surface area contributed by atoms with Gasteiger partial charge < -0.3 is 44.4 Å². The Balaban J connectivity index is 0.000000201. The zero-order chi connectivity index (χ0) is 40.9. The number of hydrogen-bond acceptors (Lipinski definition) is 12. The molecule has 2 atom stereocenters. The Bertz CT molecular complexity index is 1830. The number of aliphatic hydroxyl groups excluding tert-OH is 2. The second kappa shape index (κ2) is 22.2. The smallest absolute Gasteiger partial charge is 0.414 e. The Morgan fingerprint density at radius 2 is 1.26 bits per heavy atom. The predicted octanol–water partition coefficient (Wildman–Crippen LogP) is 3.97. The minimum atomic E-state index is -0.587. The van der Waals surface area contributed by atoms with Crippen LogP contribution < -0.4 is 24.9 Å². The molecule has 3 N–H and O–H groups in total. The number of hydrogen-bond donors (Lipinski definition) is 3. The minimum absolute atomic E-state index is 0. The first-order chi connectivity index (χ1) is 27.5. The molecule has 4 aliphatic rings. The normalized spacial score (nSPS) is 19.0. The van der Waals surface area contributed by atoms with E-state index in [2.05, 4.69) is 5.32 Å². The van der Waals surface area contributed by atoms with Crippen molar-refractivity contribution in [3.8, 4) is 0 Å². The van der Waals surface area contributed by atoms with Crippen LogP contribution in [0.15, 0.2) is 66.7 Å². The number of nitrogens with one attached hydrogen (secondary N) is 1. The fourth-order valence-electron chi connectivity index (χ4n) is 6.49. The fraction of sp³-hybridized carbons (Fsp3) is 0.450. The third-order valence-electron chi connectivity index (χ3n) is 9.49. The molecule has 316 valence electrons. The Hall–Kier alpha value is -5.07.